The van der Waals surface area contributed by atoms with Crippen molar-refractivity contribution in [2.75, 3.05) is 14.2 Å². The lowest BCUT2D eigenvalue weighted by Gasteiger charge is -2.37. The van der Waals surface area contributed by atoms with E-state index in [9.17, 15) is 0 Å². The Morgan fingerprint density at radius 3 is 2.52 bits per heavy atom. The fourth-order valence-electron chi connectivity index (χ4n) is 3.96. The third-order valence-corrected chi connectivity index (χ3v) is 5.28. The number of methoxy groups -OCH3 is 1. The molecule has 1 aliphatic carbocycles. The van der Waals surface area contributed by atoms with Gasteiger partial charge >= 0.3 is 0 Å². The van der Waals surface area contributed by atoms with Crippen molar-refractivity contribution in [2.24, 2.45) is 11.8 Å². The van der Waals surface area contributed by atoms with E-state index in [2.05, 4.69) is 43.6 Å². The minimum absolute atomic E-state index is 0.664. The summed E-state index contributed by atoms with van der Waals surface area (Å²) < 4.78 is 5.23. The molecule has 0 saturated heterocycles. The van der Waals surface area contributed by atoms with E-state index in [4.69, 9.17) is 4.74 Å². The third kappa shape index (κ3) is 4.47. The van der Waals surface area contributed by atoms with Crippen LogP contribution >= 0.6 is 0 Å². The van der Waals surface area contributed by atoms with Crippen LogP contribution in [0.2, 0.25) is 0 Å². The maximum Gasteiger partial charge on any atom is 0.118 e. The van der Waals surface area contributed by atoms with Crippen LogP contribution in [0.5, 0.6) is 5.75 Å². The maximum atomic E-state index is 5.23. The Kier molecular flexibility index (Phi) is 6.56. The quantitative estimate of drug-likeness (QED) is 0.801. The molecule has 0 heterocycles. The van der Waals surface area contributed by atoms with E-state index in [-0.39, 0.29) is 0 Å². The minimum atomic E-state index is 0.664. The number of nitrogens with one attached hydrogen (secondary N) is 1. The third-order valence-electron chi connectivity index (χ3n) is 5.28. The summed E-state index contributed by atoms with van der Waals surface area (Å²) in [7, 11) is 3.86. The van der Waals surface area contributed by atoms with Gasteiger partial charge in [-0.2, -0.15) is 0 Å². The molecule has 2 nitrogen and oxygen atoms in total. The van der Waals surface area contributed by atoms with Crippen molar-refractivity contribution in [2.45, 2.75) is 57.9 Å². The molecule has 0 radical (unpaired) electrons. The number of benzene rings is 1. The highest BCUT2D eigenvalue weighted by Gasteiger charge is 2.29. The van der Waals surface area contributed by atoms with E-state index in [0.717, 1.165) is 24.0 Å². The average Bonchev–Trinajstić information content (AvgIpc) is 2.56. The van der Waals surface area contributed by atoms with Gasteiger partial charge in [0.1, 0.15) is 5.75 Å². The van der Waals surface area contributed by atoms with Crippen LogP contribution in [0.3, 0.4) is 0 Å². The van der Waals surface area contributed by atoms with Crippen molar-refractivity contribution in [1.82, 2.24) is 5.32 Å². The molecule has 0 aliphatic heterocycles. The van der Waals surface area contributed by atoms with Crippen molar-refractivity contribution in [3.8, 4) is 5.75 Å². The molecule has 1 aromatic carbocycles. The van der Waals surface area contributed by atoms with Gasteiger partial charge in [0.25, 0.3) is 0 Å². The normalized spacial score (nSPS) is 23.8. The zero-order valence-corrected chi connectivity index (χ0v) is 13.9. The first kappa shape index (κ1) is 16.4. The van der Waals surface area contributed by atoms with Crippen LogP contribution in [0.15, 0.2) is 24.3 Å². The van der Waals surface area contributed by atoms with Gasteiger partial charge in [0.15, 0.2) is 0 Å². The molecule has 3 unspecified atom stereocenters. The van der Waals surface area contributed by atoms with E-state index < -0.39 is 0 Å². The van der Waals surface area contributed by atoms with Gasteiger partial charge in [-0.1, -0.05) is 44.7 Å². The van der Waals surface area contributed by atoms with Gasteiger partial charge in [-0.3, -0.25) is 0 Å². The highest BCUT2D eigenvalue weighted by atomic mass is 16.5. The van der Waals surface area contributed by atoms with E-state index in [1.807, 2.05) is 0 Å². The monoisotopic (exact) mass is 289 g/mol. The SMILES string of the molecule is CCC1CCCCC1C(CCc1ccc(OC)cc1)NC. The molecule has 0 bridgehead atoms. The zero-order valence-electron chi connectivity index (χ0n) is 13.9. The maximum absolute atomic E-state index is 5.23. The summed E-state index contributed by atoms with van der Waals surface area (Å²) in [6.45, 7) is 2.36. The molecular weight excluding hydrogens is 258 g/mol. The highest BCUT2D eigenvalue weighted by molar-refractivity contribution is 5.27. The number of ether oxygens (including phenoxy) is 1. The smallest absolute Gasteiger partial charge is 0.118 e. The van der Waals surface area contributed by atoms with E-state index in [1.165, 1.54) is 44.1 Å². The average molecular weight is 289 g/mol. The fourth-order valence-corrected chi connectivity index (χ4v) is 3.96. The van der Waals surface area contributed by atoms with Gasteiger partial charge in [0, 0.05) is 6.04 Å². The Morgan fingerprint density at radius 1 is 1.19 bits per heavy atom. The zero-order chi connectivity index (χ0) is 15.1. The summed E-state index contributed by atoms with van der Waals surface area (Å²) >= 11 is 0. The van der Waals surface area contributed by atoms with Crippen LogP contribution < -0.4 is 10.1 Å². The predicted molar refractivity (Wildman–Crippen MR) is 89.9 cm³/mol. The molecule has 1 N–H and O–H groups in total. The van der Waals surface area contributed by atoms with Gasteiger partial charge < -0.3 is 10.1 Å². The Balaban J connectivity index is 1.91. The topological polar surface area (TPSA) is 21.3 Å². The van der Waals surface area contributed by atoms with Crippen LogP contribution in [0.4, 0.5) is 0 Å². The van der Waals surface area contributed by atoms with Crippen molar-refractivity contribution < 1.29 is 4.74 Å². The first-order valence-electron chi connectivity index (χ1n) is 8.58. The second-order valence-electron chi connectivity index (χ2n) is 6.40. The molecule has 1 saturated carbocycles. The fraction of sp³-hybridized carbons (Fsp3) is 0.684. The van der Waals surface area contributed by atoms with Gasteiger partial charge in [-0.15, -0.1) is 0 Å². The molecule has 3 atom stereocenters. The molecule has 0 spiro atoms. The summed E-state index contributed by atoms with van der Waals surface area (Å²) in [5.41, 5.74) is 1.42. The van der Waals surface area contributed by atoms with E-state index >= 15 is 0 Å². The molecule has 0 aromatic heterocycles. The van der Waals surface area contributed by atoms with Crippen molar-refractivity contribution in [3.63, 3.8) is 0 Å². The first-order valence-corrected chi connectivity index (χ1v) is 8.58. The molecule has 21 heavy (non-hydrogen) atoms. The number of rotatable bonds is 7. The summed E-state index contributed by atoms with van der Waals surface area (Å²) in [5, 5.41) is 3.60. The van der Waals surface area contributed by atoms with Gasteiger partial charge in [0.2, 0.25) is 0 Å². The standard InChI is InChI=1S/C19H31NO/c1-4-16-7-5-6-8-18(16)19(20-2)14-11-15-9-12-17(21-3)13-10-15/h9-10,12-13,16,18-20H,4-8,11,14H2,1-3H3. The molecule has 1 fully saturated rings. The molecule has 118 valence electrons. The molecule has 1 aliphatic rings. The van der Waals surface area contributed by atoms with Crippen LogP contribution in [-0.4, -0.2) is 20.2 Å². The largest absolute Gasteiger partial charge is 0.497 e. The van der Waals surface area contributed by atoms with Crippen LogP contribution in [-0.2, 0) is 6.42 Å². The van der Waals surface area contributed by atoms with E-state index in [1.54, 1.807) is 7.11 Å². The summed E-state index contributed by atoms with van der Waals surface area (Å²) in [6, 6.07) is 9.20. The first-order chi connectivity index (χ1) is 10.3. The van der Waals surface area contributed by atoms with Gasteiger partial charge in [-0.25, -0.2) is 0 Å². The summed E-state index contributed by atoms with van der Waals surface area (Å²) in [4.78, 5) is 0. The number of hydrogen-bond donors (Lipinski definition) is 1. The predicted octanol–water partition coefficient (Wildman–Crippen LogP) is 4.43. The van der Waals surface area contributed by atoms with Crippen LogP contribution in [0, 0.1) is 11.8 Å². The molecule has 0 amide bonds. The Morgan fingerprint density at radius 2 is 1.90 bits per heavy atom. The molecular formula is C19H31NO. The van der Waals surface area contributed by atoms with Crippen molar-refractivity contribution >= 4 is 0 Å². The van der Waals surface area contributed by atoms with Crippen LogP contribution in [0.25, 0.3) is 0 Å². The van der Waals surface area contributed by atoms with Crippen molar-refractivity contribution in [1.29, 1.82) is 0 Å². The van der Waals surface area contributed by atoms with E-state index in [0.29, 0.717) is 6.04 Å². The molecule has 1 aromatic rings. The summed E-state index contributed by atoms with van der Waals surface area (Å²) in [6.07, 6.45) is 9.43. The summed E-state index contributed by atoms with van der Waals surface area (Å²) in [5.74, 6) is 2.74. The molecule has 2 heteroatoms. The van der Waals surface area contributed by atoms with Crippen molar-refractivity contribution in [3.05, 3.63) is 29.8 Å². The number of aryl methyl sites for hydroxylation is 1. The molecule has 2 rings (SSSR count). The Hall–Kier alpha value is -1.02. The second-order valence-corrected chi connectivity index (χ2v) is 6.40. The minimum Gasteiger partial charge on any atom is -0.497 e. The number of hydrogen-bond acceptors (Lipinski definition) is 2. The Bertz CT molecular complexity index is 401. The lowest BCUT2D eigenvalue weighted by molar-refractivity contribution is 0.174. The lowest BCUT2D eigenvalue weighted by Crippen LogP contribution is -2.39. The lowest BCUT2D eigenvalue weighted by atomic mass is 9.73. The second kappa shape index (κ2) is 8.43. The Labute approximate surface area is 130 Å². The van der Waals surface area contributed by atoms with Gasteiger partial charge in [0.05, 0.1) is 7.11 Å². The van der Waals surface area contributed by atoms with Crippen LogP contribution in [0.1, 0.15) is 51.0 Å². The van der Waals surface area contributed by atoms with Gasteiger partial charge in [-0.05, 0) is 55.8 Å². The highest BCUT2D eigenvalue weighted by Crippen LogP contribution is 2.35.